The number of nitrogens with zero attached hydrogens (tertiary/aromatic N) is 1. The van der Waals surface area contributed by atoms with E-state index in [9.17, 15) is 10.0 Å². The molecule has 1 atom stereocenters. The second kappa shape index (κ2) is 9.55. The molecule has 1 heterocycles. The first kappa shape index (κ1) is 26.0. The average molecular weight is 484 g/mol. The summed E-state index contributed by atoms with van der Waals surface area (Å²) in [5.41, 5.74) is 3.72. The molecule has 0 bridgehead atoms. The highest BCUT2D eigenvalue weighted by Crippen LogP contribution is 2.36. The highest BCUT2D eigenvalue weighted by atomic mass is 35.5. The molecule has 34 heavy (non-hydrogen) atoms. The molecule has 0 amide bonds. The van der Waals surface area contributed by atoms with Crippen LogP contribution in [0.3, 0.4) is 0 Å². The number of ether oxygens (including phenoxy) is 2. The fraction of sp³-hybridized carbons (Fsp3) is 0.429. The molecule has 0 fully saturated rings. The van der Waals surface area contributed by atoms with Gasteiger partial charge in [-0.15, -0.1) is 0 Å². The molecule has 182 valence electrons. The molecule has 0 aliphatic rings. The van der Waals surface area contributed by atoms with Crippen molar-refractivity contribution in [2.75, 3.05) is 0 Å². The molecule has 5 nitrogen and oxygen atoms in total. The number of hydrogen-bond acceptors (Lipinski definition) is 4. The van der Waals surface area contributed by atoms with Crippen LogP contribution in [0.1, 0.15) is 58.4 Å². The first-order valence-corrected chi connectivity index (χ1v) is 11.9. The standard InChI is InChI=1S/C28H34ClNO4/c1-17-15-23-21(14-9-18(2)30(23)32)25(19-10-12-20(29)13-11-19)22(17)16-24(34-28(6,7)8)33-26(31)27(3,4)5/h9-15,24H,16H2,1-8H3. The largest absolute Gasteiger partial charge is 0.618 e. The zero-order valence-corrected chi connectivity index (χ0v) is 22.0. The summed E-state index contributed by atoms with van der Waals surface area (Å²) < 4.78 is 13.0. The Morgan fingerprint density at radius 3 is 2.21 bits per heavy atom. The van der Waals surface area contributed by atoms with Crippen molar-refractivity contribution in [2.45, 2.75) is 73.7 Å². The van der Waals surface area contributed by atoms with Crippen LogP contribution < -0.4 is 4.73 Å². The third-order valence-electron chi connectivity index (χ3n) is 5.55. The van der Waals surface area contributed by atoms with Crippen LogP contribution in [0.15, 0.2) is 42.5 Å². The minimum Gasteiger partial charge on any atom is -0.618 e. The van der Waals surface area contributed by atoms with Crippen molar-refractivity contribution in [1.29, 1.82) is 0 Å². The van der Waals surface area contributed by atoms with Gasteiger partial charge in [0.1, 0.15) is 0 Å². The lowest BCUT2D eigenvalue weighted by Gasteiger charge is -2.30. The number of aryl methyl sites for hydroxylation is 2. The van der Waals surface area contributed by atoms with Gasteiger partial charge in [0.15, 0.2) is 5.69 Å². The van der Waals surface area contributed by atoms with E-state index in [1.54, 1.807) is 6.92 Å². The fourth-order valence-corrected chi connectivity index (χ4v) is 3.96. The summed E-state index contributed by atoms with van der Waals surface area (Å²) in [5.74, 6) is -0.332. The fourth-order valence-electron chi connectivity index (χ4n) is 3.83. The van der Waals surface area contributed by atoms with Crippen molar-refractivity contribution in [3.05, 3.63) is 69.5 Å². The van der Waals surface area contributed by atoms with E-state index >= 15 is 0 Å². The van der Waals surface area contributed by atoms with Crippen LogP contribution in [0.25, 0.3) is 22.0 Å². The molecular formula is C28H34ClNO4. The van der Waals surface area contributed by atoms with Crippen molar-refractivity contribution in [1.82, 2.24) is 0 Å². The van der Waals surface area contributed by atoms with Crippen molar-refractivity contribution >= 4 is 28.5 Å². The summed E-state index contributed by atoms with van der Waals surface area (Å²) in [6, 6.07) is 13.2. The van der Waals surface area contributed by atoms with Gasteiger partial charge in [0.25, 0.3) is 0 Å². The van der Waals surface area contributed by atoms with Gasteiger partial charge >= 0.3 is 5.97 Å². The van der Waals surface area contributed by atoms with Crippen LogP contribution in [-0.4, -0.2) is 17.9 Å². The topological polar surface area (TPSA) is 62.5 Å². The third kappa shape index (κ3) is 5.89. The summed E-state index contributed by atoms with van der Waals surface area (Å²) in [5, 5.41) is 14.3. The van der Waals surface area contributed by atoms with E-state index in [2.05, 4.69) is 0 Å². The van der Waals surface area contributed by atoms with Gasteiger partial charge in [0.05, 0.1) is 16.4 Å². The molecule has 0 aliphatic heterocycles. The Morgan fingerprint density at radius 2 is 1.65 bits per heavy atom. The lowest BCUT2D eigenvalue weighted by molar-refractivity contribution is -0.584. The number of rotatable bonds is 5. The zero-order chi connectivity index (χ0) is 25.4. The Morgan fingerprint density at radius 1 is 1.03 bits per heavy atom. The maximum Gasteiger partial charge on any atom is 0.313 e. The molecular weight excluding hydrogens is 450 g/mol. The average Bonchev–Trinajstić information content (AvgIpc) is 2.71. The molecule has 0 spiro atoms. The van der Waals surface area contributed by atoms with E-state index in [1.165, 1.54) is 0 Å². The molecule has 0 saturated heterocycles. The van der Waals surface area contributed by atoms with Gasteiger partial charge in [-0.2, -0.15) is 4.73 Å². The molecule has 3 rings (SSSR count). The van der Waals surface area contributed by atoms with E-state index in [-0.39, 0.29) is 5.97 Å². The van der Waals surface area contributed by atoms with E-state index in [4.69, 9.17) is 21.1 Å². The first-order valence-electron chi connectivity index (χ1n) is 11.5. The number of halogens is 1. The SMILES string of the molecule is Cc1cc2c(ccc(C)[n+]2[O-])c(-c2ccc(Cl)cc2)c1CC(OC(=O)C(C)(C)C)OC(C)(C)C. The van der Waals surface area contributed by atoms with E-state index in [0.717, 1.165) is 32.4 Å². The smallest absolute Gasteiger partial charge is 0.313 e. The molecule has 0 aliphatic carbocycles. The maximum atomic E-state index is 12.9. The Bertz CT molecular complexity index is 1200. The molecule has 1 aromatic heterocycles. The molecule has 1 unspecified atom stereocenters. The van der Waals surface area contributed by atoms with Crippen molar-refractivity contribution < 1.29 is 19.0 Å². The van der Waals surface area contributed by atoms with Gasteiger partial charge in [-0.25, -0.2) is 0 Å². The number of esters is 1. The Balaban J connectivity index is 2.22. The van der Waals surface area contributed by atoms with E-state index in [0.29, 0.717) is 22.7 Å². The molecule has 0 radical (unpaired) electrons. The maximum absolute atomic E-state index is 12.9. The predicted molar refractivity (Wildman–Crippen MR) is 137 cm³/mol. The monoisotopic (exact) mass is 483 g/mol. The molecule has 3 aromatic rings. The van der Waals surface area contributed by atoms with Crippen LogP contribution in [-0.2, 0) is 20.7 Å². The van der Waals surface area contributed by atoms with Crippen LogP contribution in [0, 0.1) is 24.5 Å². The highest BCUT2D eigenvalue weighted by molar-refractivity contribution is 6.30. The number of hydrogen-bond donors (Lipinski definition) is 0. The van der Waals surface area contributed by atoms with Gasteiger partial charge in [-0.1, -0.05) is 23.7 Å². The molecule has 2 aromatic carbocycles. The minimum absolute atomic E-state index is 0.332. The molecule has 0 N–H and O–H groups in total. The van der Waals surface area contributed by atoms with Crippen LogP contribution in [0.4, 0.5) is 0 Å². The summed E-state index contributed by atoms with van der Waals surface area (Å²) in [6.07, 6.45) is -0.454. The summed E-state index contributed by atoms with van der Waals surface area (Å²) in [4.78, 5) is 12.8. The second-order valence-electron chi connectivity index (χ2n) is 10.8. The number of pyridine rings is 1. The summed E-state index contributed by atoms with van der Waals surface area (Å²) in [7, 11) is 0. The highest BCUT2D eigenvalue weighted by Gasteiger charge is 2.31. The van der Waals surface area contributed by atoms with Gasteiger partial charge in [0, 0.05) is 30.5 Å². The quantitative estimate of drug-likeness (QED) is 0.176. The number of fused-ring (bicyclic) bond motifs is 1. The predicted octanol–water partition coefficient (Wildman–Crippen LogP) is 6.68. The molecule has 0 saturated carbocycles. The van der Waals surface area contributed by atoms with Gasteiger partial charge < -0.3 is 14.7 Å². The van der Waals surface area contributed by atoms with E-state index in [1.807, 2.05) is 90.9 Å². The third-order valence-corrected chi connectivity index (χ3v) is 5.80. The molecule has 6 heteroatoms. The lowest BCUT2D eigenvalue weighted by atomic mass is 9.89. The van der Waals surface area contributed by atoms with Crippen molar-refractivity contribution in [3.8, 4) is 11.1 Å². The van der Waals surface area contributed by atoms with Crippen LogP contribution in [0.2, 0.25) is 5.02 Å². The Hall–Kier alpha value is -2.63. The van der Waals surface area contributed by atoms with Crippen molar-refractivity contribution in [3.63, 3.8) is 0 Å². The van der Waals surface area contributed by atoms with E-state index < -0.39 is 17.3 Å². The Labute approximate surface area is 207 Å². The van der Waals surface area contributed by atoms with Crippen molar-refractivity contribution in [2.24, 2.45) is 5.41 Å². The summed E-state index contributed by atoms with van der Waals surface area (Å²) >= 11 is 6.16. The minimum atomic E-state index is -0.793. The summed E-state index contributed by atoms with van der Waals surface area (Å²) in [6.45, 7) is 15.0. The Kier molecular flexibility index (Phi) is 7.30. The van der Waals surface area contributed by atoms with Gasteiger partial charge in [-0.05, 0) is 88.9 Å². The number of carbonyl (C=O) groups is 1. The van der Waals surface area contributed by atoms with Crippen LogP contribution in [0.5, 0.6) is 0 Å². The normalized spacial score (nSPS) is 13.2. The number of aromatic nitrogens is 1. The zero-order valence-electron chi connectivity index (χ0n) is 21.3. The van der Waals surface area contributed by atoms with Crippen LogP contribution >= 0.6 is 11.6 Å². The van der Waals surface area contributed by atoms with Gasteiger partial charge in [0.2, 0.25) is 11.8 Å². The lowest BCUT2D eigenvalue weighted by Crippen LogP contribution is -2.36. The number of carbonyl (C=O) groups excluding carboxylic acids is 1. The second-order valence-corrected chi connectivity index (χ2v) is 11.2. The van der Waals surface area contributed by atoms with Gasteiger partial charge in [-0.3, -0.25) is 4.79 Å². The number of benzene rings is 2. The first-order chi connectivity index (χ1) is 15.7.